The van der Waals surface area contributed by atoms with Crippen molar-refractivity contribution in [3.05, 3.63) is 0 Å². The Hall–Kier alpha value is 0.170. The number of β-amino-alcohol motifs (C(OH)–C–C–N with tert-alkyl or cyclic N) is 1. The van der Waals surface area contributed by atoms with Gasteiger partial charge in [0, 0.05) is 6.54 Å². The van der Waals surface area contributed by atoms with Crippen molar-refractivity contribution >= 4 is 12.4 Å². The number of aliphatic hydroxyl groups excluding tert-OH is 1. The summed E-state index contributed by atoms with van der Waals surface area (Å²) in [6.45, 7) is 10.5. The van der Waals surface area contributed by atoms with E-state index in [0.29, 0.717) is 24.5 Å². The van der Waals surface area contributed by atoms with Crippen molar-refractivity contribution < 1.29 is 9.84 Å². The maximum atomic E-state index is 10.3. The van der Waals surface area contributed by atoms with Crippen molar-refractivity contribution in [3.8, 4) is 0 Å². The summed E-state index contributed by atoms with van der Waals surface area (Å²) in [7, 11) is 0. The van der Waals surface area contributed by atoms with E-state index < -0.39 is 0 Å². The standard InChI is InChI=1S/C18H35NO2.ClH/c1-14(2)17-8-7-15(3)11-18(17)21-13-16(20)12-19-9-5-4-6-10-19;/h14-18,20H,4-13H2,1-3H3;1H. The third-order valence-electron chi connectivity index (χ3n) is 5.38. The lowest BCUT2D eigenvalue weighted by Crippen LogP contribution is -2.40. The predicted molar refractivity (Wildman–Crippen MR) is 94.6 cm³/mol. The lowest BCUT2D eigenvalue weighted by Gasteiger charge is -2.38. The molecule has 2 rings (SSSR count). The van der Waals surface area contributed by atoms with Gasteiger partial charge >= 0.3 is 0 Å². The van der Waals surface area contributed by atoms with Gasteiger partial charge in [0.25, 0.3) is 0 Å². The van der Waals surface area contributed by atoms with Crippen molar-refractivity contribution in [1.82, 2.24) is 4.90 Å². The number of ether oxygens (including phenoxy) is 1. The van der Waals surface area contributed by atoms with Gasteiger partial charge in [-0.2, -0.15) is 0 Å². The molecular weight excluding hydrogens is 298 g/mol. The average Bonchev–Trinajstić information content (AvgIpc) is 2.46. The number of nitrogens with zero attached hydrogens (tertiary/aromatic N) is 1. The van der Waals surface area contributed by atoms with Crippen LogP contribution in [0.3, 0.4) is 0 Å². The van der Waals surface area contributed by atoms with Crippen LogP contribution in [0.2, 0.25) is 0 Å². The molecule has 4 atom stereocenters. The number of halogens is 1. The SMILES string of the molecule is CC1CCC(C(C)C)C(OCC(O)CN2CCCCC2)C1.Cl. The van der Waals surface area contributed by atoms with E-state index in [-0.39, 0.29) is 18.5 Å². The van der Waals surface area contributed by atoms with Gasteiger partial charge in [0.2, 0.25) is 0 Å². The number of rotatable bonds is 6. The van der Waals surface area contributed by atoms with Gasteiger partial charge in [-0.15, -0.1) is 12.4 Å². The monoisotopic (exact) mass is 333 g/mol. The third-order valence-corrected chi connectivity index (χ3v) is 5.38. The van der Waals surface area contributed by atoms with Crippen LogP contribution in [0.4, 0.5) is 0 Å². The zero-order chi connectivity index (χ0) is 15.2. The molecule has 2 fully saturated rings. The summed E-state index contributed by atoms with van der Waals surface area (Å²) in [5, 5.41) is 10.3. The molecule has 4 unspecified atom stereocenters. The highest BCUT2D eigenvalue weighted by Gasteiger charge is 2.31. The number of likely N-dealkylation sites (tertiary alicyclic amines) is 1. The molecule has 1 aliphatic carbocycles. The Bertz CT molecular complexity index is 295. The largest absolute Gasteiger partial charge is 0.389 e. The zero-order valence-electron chi connectivity index (χ0n) is 14.7. The molecule has 1 heterocycles. The highest BCUT2D eigenvalue weighted by atomic mass is 35.5. The quantitative estimate of drug-likeness (QED) is 0.803. The number of hydrogen-bond acceptors (Lipinski definition) is 3. The molecule has 0 radical (unpaired) electrons. The summed E-state index contributed by atoms with van der Waals surface area (Å²) in [6, 6.07) is 0. The van der Waals surface area contributed by atoms with Gasteiger partial charge in [-0.3, -0.25) is 0 Å². The van der Waals surface area contributed by atoms with Gasteiger partial charge in [-0.25, -0.2) is 0 Å². The molecule has 132 valence electrons. The highest BCUT2D eigenvalue weighted by Crippen LogP contribution is 2.35. The summed E-state index contributed by atoms with van der Waals surface area (Å²) in [6.07, 6.45) is 7.72. The van der Waals surface area contributed by atoms with Crippen LogP contribution >= 0.6 is 12.4 Å². The molecule has 0 spiro atoms. The lowest BCUT2D eigenvalue weighted by atomic mass is 9.75. The molecule has 0 aromatic rings. The van der Waals surface area contributed by atoms with Crippen molar-refractivity contribution in [1.29, 1.82) is 0 Å². The first-order valence-corrected chi connectivity index (χ1v) is 9.08. The van der Waals surface area contributed by atoms with E-state index in [1.54, 1.807) is 0 Å². The Morgan fingerprint density at radius 1 is 1.14 bits per heavy atom. The van der Waals surface area contributed by atoms with E-state index in [1.165, 1.54) is 38.5 Å². The maximum absolute atomic E-state index is 10.3. The second-order valence-electron chi connectivity index (χ2n) is 7.71. The second kappa shape index (κ2) is 10.1. The first-order valence-electron chi connectivity index (χ1n) is 9.08. The fourth-order valence-electron chi connectivity index (χ4n) is 4.03. The minimum absolute atomic E-state index is 0. The van der Waals surface area contributed by atoms with Crippen molar-refractivity contribution in [2.45, 2.75) is 71.5 Å². The van der Waals surface area contributed by atoms with Gasteiger partial charge in [0.05, 0.1) is 18.8 Å². The van der Waals surface area contributed by atoms with Crippen LogP contribution in [-0.4, -0.2) is 48.5 Å². The predicted octanol–water partition coefficient (Wildman–Crippen LogP) is 3.73. The molecule has 4 heteroatoms. The van der Waals surface area contributed by atoms with Gasteiger partial charge in [0.15, 0.2) is 0 Å². The van der Waals surface area contributed by atoms with Crippen LogP contribution in [-0.2, 0) is 4.74 Å². The van der Waals surface area contributed by atoms with Crippen molar-refractivity contribution in [3.63, 3.8) is 0 Å². The van der Waals surface area contributed by atoms with E-state index in [0.717, 1.165) is 25.6 Å². The number of aliphatic hydroxyl groups is 1. The van der Waals surface area contributed by atoms with Gasteiger partial charge < -0.3 is 14.7 Å². The Morgan fingerprint density at radius 3 is 2.45 bits per heavy atom. The molecular formula is C18H36ClNO2. The summed E-state index contributed by atoms with van der Waals surface area (Å²) in [4.78, 5) is 2.39. The average molecular weight is 334 g/mol. The lowest BCUT2D eigenvalue weighted by molar-refractivity contribution is -0.0744. The molecule has 22 heavy (non-hydrogen) atoms. The summed E-state index contributed by atoms with van der Waals surface area (Å²) in [5.41, 5.74) is 0. The molecule has 1 aliphatic heterocycles. The summed E-state index contributed by atoms with van der Waals surface area (Å²) in [5.74, 6) is 2.12. The molecule has 1 saturated carbocycles. The first-order chi connectivity index (χ1) is 10.1. The molecule has 0 amide bonds. The van der Waals surface area contributed by atoms with E-state index in [1.807, 2.05) is 0 Å². The van der Waals surface area contributed by atoms with Crippen LogP contribution in [0.25, 0.3) is 0 Å². The van der Waals surface area contributed by atoms with Crippen LogP contribution < -0.4 is 0 Å². The smallest absolute Gasteiger partial charge is 0.0900 e. The molecule has 3 nitrogen and oxygen atoms in total. The minimum atomic E-state index is -0.326. The van der Waals surface area contributed by atoms with E-state index in [2.05, 4.69) is 25.7 Å². The van der Waals surface area contributed by atoms with Gasteiger partial charge in [-0.1, -0.05) is 33.6 Å². The van der Waals surface area contributed by atoms with Crippen LogP contribution in [0.1, 0.15) is 59.3 Å². The molecule has 0 bridgehead atoms. The molecule has 1 N–H and O–H groups in total. The highest BCUT2D eigenvalue weighted by molar-refractivity contribution is 5.85. The van der Waals surface area contributed by atoms with Crippen molar-refractivity contribution in [2.24, 2.45) is 17.8 Å². The fourth-order valence-corrected chi connectivity index (χ4v) is 4.03. The van der Waals surface area contributed by atoms with E-state index in [9.17, 15) is 5.11 Å². The van der Waals surface area contributed by atoms with Crippen LogP contribution in [0, 0.1) is 17.8 Å². The van der Waals surface area contributed by atoms with Gasteiger partial charge in [0.1, 0.15) is 0 Å². The molecule has 2 aliphatic rings. The van der Waals surface area contributed by atoms with Crippen molar-refractivity contribution in [2.75, 3.05) is 26.2 Å². The fraction of sp³-hybridized carbons (Fsp3) is 1.00. The first kappa shape index (κ1) is 20.2. The number of hydrogen-bond donors (Lipinski definition) is 1. The van der Waals surface area contributed by atoms with Crippen LogP contribution in [0.15, 0.2) is 0 Å². The number of piperidine rings is 1. The Labute approximate surface area is 143 Å². The van der Waals surface area contributed by atoms with E-state index in [4.69, 9.17) is 4.74 Å². The topological polar surface area (TPSA) is 32.7 Å². The Morgan fingerprint density at radius 2 is 1.82 bits per heavy atom. The molecule has 0 aromatic carbocycles. The van der Waals surface area contributed by atoms with Crippen LogP contribution in [0.5, 0.6) is 0 Å². The molecule has 0 aromatic heterocycles. The molecule has 1 saturated heterocycles. The maximum Gasteiger partial charge on any atom is 0.0900 e. The zero-order valence-corrected chi connectivity index (χ0v) is 15.5. The minimum Gasteiger partial charge on any atom is -0.389 e. The Kier molecular flexibility index (Phi) is 9.30. The summed E-state index contributed by atoms with van der Waals surface area (Å²) >= 11 is 0. The third kappa shape index (κ3) is 6.35. The Balaban J connectivity index is 0.00000242. The summed E-state index contributed by atoms with van der Waals surface area (Å²) < 4.78 is 6.15. The normalized spacial score (nSPS) is 31.8. The van der Waals surface area contributed by atoms with E-state index >= 15 is 0 Å². The van der Waals surface area contributed by atoms with Gasteiger partial charge in [-0.05, 0) is 56.5 Å². The second-order valence-corrected chi connectivity index (χ2v) is 7.71.